The highest BCUT2D eigenvalue weighted by molar-refractivity contribution is 5.82. The Morgan fingerprint density at radius 2 is 1.84 bits per heavy atom. The lowest BCUT2D eigenvalue weighted by molar-refractivity contribution is -0.152. The molecule has 6 rings (SSSR count). The highest BCUT2D eigenvalue weighted by Gasteiger charge is 2.49. The van der Waals surface area contributed by atoms with Gasteiger partial charge in [0.15, 0.2) is 0 Å². The van der Waals surface area contributed by atoms with Crippen LogP contribution >= 0.6 is 0 Å². The Bertz CT molecular complexity index is 1070. The quantitative estimate of drug-likeness (QED) is 0.678. The van der Waals surface area contributed by atoms with Crippen molar-refractivity contribution in [1.82, 2.24) is 14.8 Å². The van der Waals surface area contributed by atoms with E-state index in [2.05, 4.69) is 69.4 Å². The van der Waals surface area contributed by atoms with Gasteiger partial charge < -0.3 is 9.88 Å². The van der Waals surface area contributed by atoms with Crippen LogP contribution in [0.4, 0.5) is 0 Å². The molecule has 3 aliphatic rings. The monoisotopic (exact) mass is 413 g/mol. The second kappa shape index (κ2) is 7.83. The van der Waals surface area contributed by atoms with Crippen molar-refractivity contribution in [2.45, 2.75) is 50.7 Å². The lowest BCUT2D eigenvalue weighted by atomic mass is 9.70. The van der Waals surface area contributed by atoms with E-state index < -0.39 is 0 Å². The fourth-order valence-corrected chi connectivity index (χ4v) is 6.65. The van der Waals surface area contributed by atoms with Crippen LogP contribution in [0.1, 0.15) is 36.8 Å². The van der Waals surface area contributed by atoms with Crippen molar-refractivity contribution < 1.29 is 4.79 Å². The molecule has 2 aromatic carbocycles. The van der Waals surface area contributed by atoms with E-state index in [9.17, 15) is 4.79 Å². The van der Waals surface area contributed by atoms with E-state index in [1.165, 1.54) is 34.9 Å². The average molecular weight is 414 g/mol. The summed E-state index contributed by atoms with van der Waals surface area (Å²) in [6.07, 6.45) is 7.27. The SMILES string of the molecule is O=C1CCC[C@H]2[C@@H]3C[C@@H](CN(Cc4cccc5[nH]ccc45)C3)[C@H](Cc3ccccc3)N12. The fraction of sp³-hybridized carbons (Fsp3) is 0.444. The number of H-pyrrole nitrogens is 1. The second-order valence-corrected chi connectivity index (χ2v) is 9.82. The molecule has 2 bridgehead atoms. The Labute approximate surface area is 184 Å². The summed E-state index contributed by atoms with van der Waals surface area (Å²) in [6.45, 7) is 3.20. The van der Waals surface area contributed by atoms with E-state index in [1.54, 1.807) is 0 Å². The van der Waals surface area contributed by atoms with Crippen LogP contribution in [0, 0.1) is 11.8 Å². The van der Waals surface area contributed by atoms with Crippen molar-refractivity contribution in [2.24, 2.45) is 11.8 Å². The predicted octanol–water partition coefficient (Wildman–Crippen LogP) is 4.61. The molecule has 4 heteroatoms. The number of aromatic nitrogens is 1. The number of fused-ring (bicyclic) bond motifs is 5. The van der Waals surface area contributed by atoms with Crippen LogP contribution < -0.4 is 0 Å². The van der Waals surface area contributed by atoms with Gasteiger partial charge in [-0.25, -0.2) is 0 Å². The highest BCUT2D eigenvalue weighted by Crippen LogP contribution is 2.43. The maximum atomic E-state index is 13.1. The lowest BCUT2D eigenvalue weighted by Crippen LogP contribution is -2.65. The number of likely N-dealkylation sites (tertiary alicyclic amines) is 1. The van der Waals surface area contributed by atoms with Gasteiger partial charge in [0.1, 0.15) is 0 Å². The van der Waals surface area contributed by atoms with Gasteiger partial charge in [-0.15, -0.1) is 0 Å². The van der Waals surface area contributed by atoms with Crippen LogP contribution in [0.25, 0.3) is 10.9 Å². The van der Waals surface area contributed by atoms with Gasteiger partial charge in [-0.3, -0.25) is 9.69 Å². The summed E-state index contributed by atoms with van der Waals surface area (Å²) in [4.78, 5) is 21.4. The van der Waals surface area contributed by atoms with E-state index in [4.69, 9.17) is 0 Å². The van der Waals surface area contributed by atoms with Crippen LogP contribution in [0.15, 0.2) is 60.8 Å². The van der Waals surface area contributed by atoms with Gasteiger partial charge in [0.2, 0.25) is 5.91 Å². The average Bonchev–Trinajstić information content (AvgIpc) is 3.28. The number of carbonyl (C=O) groups excluding carboxylic acids is 1. The zero-order chi connectivity index (χ0) is 20.8. The molecule has 1 aromatic heterocycles. The summed E-state index contributed by atoms with van der Waals surface area (Å²) < 4.78 is 0. The molecule has 31 heavy (non-hydrogen) atoms. The minimum Gasteiger partial charge on any atom is -0.361 e. The van der Waals surface area contributed by atoms with E-state index >= 15 is 0 Å². The minimum absolute atomic E-state index is 0.335. The molecule has 3 fully saturated rings. The number of nitrogens with zero attached hydrogens (tertiary/aromatic N) is 2. The Morgan fingerprint density at radius 1 is 0.968 bits per heavy atom. The molecule has 3 aliphatic heterocycles. The molecule has 4 nitrogen and oxygen atoms in total. The van der Waals surface area contributed by atoms with E-state index in [1.807, 2.05) is 6.20 Å². The van der Waals surface area contributed by atoms with Gasteiger partial charge in [0.05, 0.1) is 0 Å². The summed E-state index contributed by atoms with van der Waals surface area (Å²) >= 11 is 0. The van der Waals surface area contributed by atoms with E-state index in [-0.39, 0.29) is 0 Å². The molecule has 0 unspecified atom stereocenters. The molecular formula is C27H31N3O. The van der Waals surface area contributed by atoms with E-state index in [0.717, 1.165) is 38.9 Å². The Hall–Kier alpha value is -2.59. The van der Waals surface area contributed by atoms with Crippen LogP contribution in [0.2, 0.25) is 0 Å². The zero-order valence-electron chi connectivity index (χ0n) is 18.0. The molecule has 4 heterocycles. The first-order valence-electron chi connectivity index (χ1n) is 11.9. The van der Waals surface area contributed by atoms with Gasteiger partial charge in [-0.2, -0.15) is 0 Å². The van der Waals surface area contributed by atoms with Crippen LogP contribution in [-0.2, 0) is 17.8 Å². The minimum atomic E-state index is 0.335. The first-order valence-corrected chi connectivity index (χ1v) is 11.9. The predicted molar refractivity (Wildman–Crippen MR) is 124 cm³/mol. The summed E-state index contributed by atoms with van der Waals surface area (Å²) in [6, 6.07) is 20.4. The van der Waals surface area contributed by atoms with Gasteiger partial charge in [-0.1, -0.05) is 42.5 Å². The first-order chi connectivity index (χ1) is 15.3. The van der Waals surface area contributed by atoms with Crippen molar-refractivity contribution >= 4 is 16.8 Å². The second-order valence-electron chi connectivity index (χ2n) is 9.82. The number of aromatic amines is 1. The summed E-state index contributed by atoms with van der Waals surface area (Å²) in [5.74, 6) is 1.57. The number of nitrogens with one attached hydrogen (secondary N) is 1. The molecule has 0 spiro atoms. The van der Waals surface area contributed by atoms with Crippen molar-refractivity contribution in [3.63, 3.8) is 0 Å². The summed E-state index contributed by atoms with van der Waals surface area (Å²) in [5.41, 5.74) is 3.99. The molecule has 0 aliphatic carbocycles. The topological polar surface area (TPSA) is 39.3 Å². The number of piperidine rings is 3. The Balaban J connectivity index is 1.29. The third-order valence-electron chi connectivity index (χ3n) is 7.94. The van der Waals surface area contributed by atoms with Gasteiger partial charge in [0, 0.05) is 55.2 Å². The standard InChI is InChI=1S/C27H31N3O/c31-27-11-5-10-25-21-15-22(26(30(25)27)14-19-6-2-1-3-7-19)18-29(17-21)16-20-8-4-9-24-23(20)12-13-28-24/h1-4,6-9,12-13,21-22,25-26,28H,5,10-11,14-18H2/t21-,22+,25+,26+/m1/s1. The normalized spacial score (nSPS) is 28.6. The third-order valence-corrected chi connectivity index (χ3v) is 7.94. The number of rotatable bonds is 4. The van der Waals surface area contributed by atoms with E-state index in [0.29, 0.717) is 29.8 Å². The number of benzene rings is 2. The zero-order valence-corrected chi connectivity index (χ0v) is 18.0. The molecule has 1 amide bonds. The molecule has 0 radical (unpaired) electrons. The fourth-order valence-electron chi connectivity index (χ4n) is 6.65. The molecule has 160 valence electrons. The van der Waals surface area contributed by atoms with Crippen LogP contribution in [-0.4, -0.2) is 45.9 Å². The largest absolute Gasteiger partial charge is 0.361 e. The maximum absolute atomic E-state index is 13.1. The van der Waals surface area contributed by atoms with Crippen molar-refractivity contribution in [1.29, 1.82) is 0 Å². The van der Waals surface area contributed by atoms with Crippen molar-refractivity contribution in [2.75, 3.05) is 13.1 Å². The maximum Gasteiger partial charge on any atom is 0.223 e. The first kappa shape index (κ1) is 19.1. The number of hydrogen-bond donors (Lipinski definition) is 1. The number of carbonyl (C=O) groups is 1. The molecule has 4 atom stereocenters. The molecular weight excluding hydrogens is 382 g/mol. The van der Waals surface area contributed by atoms with Crippen molar-refractivity contribution in [3.05, 3.63) is 71.9 Å². The highest BCUT2D eigenvalue weighted by atomic mass is 16.2. The van der Waals surface area contributed by atoms with Gasteiger partial charge in [-0.05, 0) is 60.8 Å². The van der Waals surface area contributed by atoms with Crippen molar-refractivity contribution in [3.8, 4) is 0 Å². The van der Waals surface area contributed by atoms with Crippen LogP contribution in [0.3, 0.4) is 0 Å². The Kier molecular flexibility index (Phi) is 4.83. The van der Waals surface area contributed by atoms with Gasteiger partial charge in [0.25, 0.3) is 0 Å². The molecule has 0 saturated carbocycles. The van der Waals surface area contributed by atoms with Gasteiger partial charge >= 0.3 is 0 Å². The van der Waals surface area contributed by atoms with Crippen LogP contribution in [0.5, 0.6) is 0 Å². The number of amides is 1. The molecule has 3 saturated heterocycles. The summed E-state index contributed by atoms with van der Waals surface area (Å²) in [5, 5.41) is 1.34. The third kappa shape index (κ3) is 3.47. The summed E-state index contributed by atoms with van der Waals surface area (Å²) in [7, 11) is 0. The molecule has 1 N–H and O–H groups in total. The molecule has 3 aromatic rings. The Morgan fingerprint density at radius 3 is 2.74 bits per heavy atom. The number of hydrogen-bond acceptors (Lipinski definition) is 2. The lowest BCUT2D eigenvalue weighted by Gasteiger charge is -2.57. The smallest absolute Gasteiger partial charge is 0.223 e.